The maximum atomic E-state index is 2.44. The lowest BCUT2D eigenvalue weighted by atomic mass is 9.89. The van der Waals surface area contributed by atoms with Crippen molar-refractivity contribution < 1.29 is 0 Å². The van der Waals surface area contributed by atoms with E-state index in [0.29, 0.717) is 11.6 Å². The van der Waals surface area contributed by atoms with Crippen LogP contribution in [-0.2, 0) is 5.41 Å². The molecule has 16 heavy (non-hydrogen) atoms. The van der Waals surface area contributed by atoms with Gasteiger partial charge in [-0.25, -0.2) is 0 Å². The molecule has 2 heteroatoms. The molecule has 3 unspecified atom stereocenters. The molecule has 0 spiro atoms. The number of fused-ring (bicyclic) bond motifs is 6. The van der Waals surface area contributed by atoms with Gasteiger partial charge in [0.05, 0.1) is 0 Å². The molecule has 0 radical (unpaired) electrons. The van der Waals surface area contributed by atoms with Crippen LogP contribution in [0.4, 0.5) is 5.69 Å². The number of hydrogen-bond donors (Lipinski definition) is 0. The fourth-order valence-corrected chi connectivity index (χ4v) is 3.57. The highest BCUT2D eigenvalue weighted by molar-refractivity contribution is 5.66. The number of anilines is 1. The summed E-state index contributed by atoms with van der Waals surface area (Å²) in [5.41, 5.74) is 3.37. The van der Waals surface area contributed by atoms with Crippen LogP contribution in [0.5, 0.6) is 0 Å². The Balaban J connectivity index is 1.94. The summed E-state index contributed by atoms with van der Waals surface area (Å²) in [4.78, 5) is 4.79. The lowest BCUT2D eigenvalue weighted by molar-refractivity contribution is 0.299. The first kappa shape index (κ1) is 8.68. The second kappa shape index (κ2) is 2.45. The molecular weight excluding hydrogens is 196 g/mol. The zero-order chi connectivity index (χ0) is 10.9. The Kier molecular flexibility index (Phi) is 1.33. The van der Waals surface area contributed by atoms with Crippen molar-refractivity contribution in [1.29, 1.82) is 0 Å². The molecule has 1 fully saturated rings. The summed E-state index contributed by atoms with van der Waals surface area (Å²) >= 11 is 0. The van der Waals surface area contributed by atoms with Crippen molar-refractivity contribution in [1.82, 2.24) is 4.90 Å². The highest BCUT2D eigenvalue weighted by atomic mass is 15.4. The number of rotatable bonds is 0. The average molecular weight is 212 g/mol. The van der Waals surface area contributed by atoms with Crippen molar-refractivity contribution in [2.45, 2.75) is 24.9 Å². The van der Waals surface area contributed by atoms with E-state index in [1.54, 1.807) is 0 Å². The molecule has 0 aromatic heterocycles. The minimum atomic E-state index is 0.429. The van der Waals surface area contributed by atoms with E-state index in [1.165, 1.54) is 17.7 Å². The van der Waals surface area contributed by atoms with Crippen LogP contribution in [0.15, 0.2) is 36.7 Å². The smallest absolute Gasteiger partial charge is 0.109 e. The summed E-state index contributed by atoms with van der Waals surface area (Å²) < 4.78 is 0. The molecule has 2 nitrogen and oxygen atoms in total. The minimum absolute atomic E-state index is 0.429. The summed E-state index contributed by atoms with van der Waals surface area (Å²) in [6.07, 6.45) is 6.31. The molecule has 3 aliphatic rings. The third-order valence-electron chi connectivity index (χ3n) is 4.62. The molecule has 0 bridgehead atoms. The van der Waals surface area contributed by atoms with Crippen molar-refractivity contribution in [3.8, 4) is 0 Å². The van der Waals surface area contributed by atoms with Gasteiger partial charge in [-0.1, -0.05) is 25.1 Å². The molecule has 3 atom stereocenters. The Labute approximate surface area is 96.2 Å². The molecule has 2 aliphatic heterocycles. The maximum Gasteiger partial charge on any atom is 0.109 e. The molecule has 2 heterocycles. The van der Waals surface area contributed by atoms with Crippen LogP contribution >= 0.6 is 0 Å². The standard InChI is InChI=1S/C14H16N2/c1-14-9-11(14)13-15(2)7-8-16(13)12-6-4-3-5-10(12)14/h3-8,11,13H,9H2,1-2H3. The first-order chi connectivity index (χ1) is 7.72. The topological polar surface area (TPSA) is 6.48 Å². The summed E-state index contributed by atoms with van der Waals surface area (Å²) in [5, 5.41) is 0. The highest BCUT2D eigenvalue weighted by Crippen LogP contribution is 2.63. The largest absolute Gasteiger partial charge is 0.358 e. The van der Waals surface area contributed by atoms with Crippen molar-refractivity contribution >= 4 is 5.69 Å². The predicted molar refractivity (Wildman–Crippen MR) is 65.1 cm³/mol. The van der Waals surface area contributed by atoms with Crippen LogP contribution < -0.4 is 4.90 Å². The SMILES string of the molecule is CN1C=CN2c3ccccc3C3(C)CC3C12. The van der Waals surface area contributed by atoms with Gasteiger partial charge in [0.15, 0.2) is 0 Å². The van der Waals surface area contributed by atoms with Gasteiger partial charge in [0.25, 0.3) is 0 Å². The second-order valence-corrected chi connectivity index (χ2v) is 5.53. The van der Waals surface area contributed by atoms with E-state index in [4.69, 9.17) is 0 Å². The van der Waals surface area contributed by atoms with E-state index in [-0.39, 0.29) is 0 Å². The summed E-state index contributed by atoms with van der Waals surface area (Å²) in [6.45, 7) is 2.42. The van der Waals surface area contributed by atoms with Gasteiger partial charge in [-0.15, -0.1) is 0 Å². The zero-order valence-electron chi connectivity index (χ0n) is 9.72. The van der Waals surface area contributed by atoms with E-state index in [0.717, 1.165) is 5.92 Å². The monoisotopic (exact) mass is 212 g/mol. The molecule has 1 aromatic carbocycles. The summed E-state index contributed by atoms with van der Waals surface area (Å²) in [6, 6.07) is 8.88. The van der Waals surface area contributed by atoms with Crippen LogP contribution in [0.2, 0.25) is 0 Å². The normalized spacial score (nSPS) is 38.1. The Hall–Kier alpha value is -1.44. The van der Waals surface area contributed by atoms with Crippen molar-refractivity contribution in [2.75, 3.05) is 11.9 Å². The minimum Gasteiger partial charge on any atom is -0.358 e. The molecule has 0 amide bonds. The quantitative estimate of drug-likeness (QED) is 0.652. The average Bonchev–Trinajstić information content (AvgIpc) is 2.84. The zero-order valence-corrected chi connectivity index (χ0v) is 9.72. The van der Waals surface area contributed by atoms with Crippen LogP contribution in [0.25, 0.3) is 0 Å². The Bertz CT molecular complexity index is 493. The van der Waals surface area contributed by atoms with Crippen LogP contribution in [0.3, 0.4) is 0 Å². The van der Waals surface area contributed by atoms with Gasteiger partial charge in [0.2, 0.25) is 0 Å². The highest BCUT2D eigenvalue weighted by Gasteiger charge is 2.61. The number of para-hydroxylation sites is 1. The molecule has 1 aliphatic carbocycles. The fourth-order valence-electron chi connectivity index (χ4n) is 3.57. The molecule has 0 N–H and O–H groups in total. The van der Waals surface area contributed by atoms with Gasteiger partial charge in [-0.05, 0) is 18.1 Å². The maximum absolute atomic E-state index is 2.44. The van der Waals surface area contributed by atoms with Crippen LogP contribution in [0, 0.1) is 5.92 Å². The first-order valence-corrected chi connectivity index (χ1v) is 6.00. The second-order valence-electron chi connectivity index (χ2n) is 5.53. The third kappa shape index (κ3) is 0.809. The Morgan fingerprint density at radius 3 is 2.94 bits per heavy atom. The number of hydrogen-bond acceptors (Lipinski definition) is 2. The van der Waals surface area contributed by atoms with E-state index in [1.807, 2.05) is 0 Å². The number of nitrogens with zero attached hydrogens (tertiary/aromatic N) is 2. The van der Waals surface area contributed by atoms with E-state index in [2.05, 4.69) is 60.4 Å². The molecule has 1 saturated carbocycles. The van der Waals surface area contributed by atoms with Gasteiger partial charge in [0, 0.05) is 36.5 Å². The van der Waals surface area contributed by atoms with Gasteiger partial charge in [-0.3, -0.25) is 0 Å². The molecule has 1 aromatic rings. The van der Waals surface area contributed by atoms with E-state index >= 15 is 0 Å². The lowest BCUT2D eigenvalue weighted by Crippen LogP contribution is -2.43. The Morgan fingerprint density at radius 2 is 2.06 bits per heavy atom. The van der Waals surface area contributed by atoms with Gasteiger partial charge in [0.1, 0.15) is 6.17 Å². The van der Waals surface area contributed by atoms with Crippen molar-refractivity contribution in [3.63, 3.8) is 0 Å². The lowest BCUT2D eigenvalue weighted by Gasteiger charge is -2.38. The fraction of sp³-hybridized carbons (Fsp3) is 0.429. The van der Waals surface area contributed by atoms with Crippen molar-refractivity contribution in [3.05, 3.63) is 42.2 Å². The van der Waals surface area contributed by atoms with E-state index in [9.17, 15) is 0 Å². The third-order valence-corrected chi connectivity index (χ3v) is 4.62. The molecular formula is C14H16N2. The first-order valence-electron chi connectivity index (χ1n) is 6.00. The van der Waals surface area contributed by atoms with Crippen LogP contribution in [-0.4, -0.2) is 18.1 Å². The van der Waals surface area contributed by atoms with E-state index < -0.39 is 0 Å². The van der Waals surface area contributed by atoms with Gasteiger partial charge < -0.3 is 9.80 Å². The molecule has 82 valence electrons. The molecule has 0 saturated heterocycles. The number of benzene rings is 1. The van der Waals surface area contributed by atoms with Gasteiger partial charge >= 0.3 is 0 Å². The summed E-state index contributed by atoms with van der Waals surface area (Å²) in [5.74, 6) is 0.794. The predicted octanol–water partition coefficient (Wildman–Crippen LogP) is 2.53. The van der Waals surface area contributed by atoms with Gasteiger partial charge in [-0.2, -0.15) is 0 Å². The van der Waals surface area contributed by atoms with Crippen molar-refractivity contribution in [2.24, 2.45) is 5.92 Å². The summed E-state index contributed by atoms with van der Waals surface area (Å²) in [7, 11) is 2.19. The molecule has 4 rings (SSSR count). The Morgan fingerprint density at radius 1 is 1.25 bits per heavy atom. The van der Waals surface area contributed by atoms with Crippen LogP contribution in [0.1, 0.15) is 18.9 Å².